The van der Waals surface area contributed by atoms with Gasteiger partial charge in [0.15, 0.2) is 0 Å². The van der Waals surface area contributed by atoms with Crippen LogP contribution in [0.1, 0.15) is 69.9 Å². The Kier molecular flexibility index (Phi) is 6.58. The Balaban J connectivity index is 1.35. The highest BCUT2D eigenvalue weighted by Gasteiger charge is 2.65. The molecule has 5 aliphatic rings. The van der Waals surface area contributed by atoms with Gasteiger partial charge >= 0.3 is 0 Å². The standard InChI is InChI=1S/C36H44N4O2/c41-30-14-11-13-26-27-15-18-37-32(33(27)38-31(26)30)28-23-36(42)17-8-4-1-2-5-9-19-39-21-16-29(28)35(24-39)22-25-12-7-3-6-10-20-40(25)34(35)36/h1,4,7,11-15,18,23,25,29,34,38,41-42H,2-3,5-6,8-10,16-17,19-22,24H2/b4-1?,12-7-/t25?,29-,34+,35-,36-/m0/s1. The molecular weight excluding hydrogens is 520 g/mol. The number of aromatic nitrogens is 2. The lowest BCUT2D eigenvalue weighted by Crippen LogP contribution is -2.65. The molecule has 2 saturated heterocycles. The van der Waals surface area contributed by atoms with Crippen molar-refractivity contribution < 1.29 is 10.2 Å². The Morgan fingerprint density at radius 2 is 1.74 bits per heavy atom. The van der Waals surface area contributed by atoms with E-state index >= 15 is 0 Å². The maximum Gasteiger partial charge on any atom is 0.139 e. The number of aliphatic hydroxyl groups is 1. The summed E-state index contributed by atoms with van der Waals surface area (Å²) < 4.78 is 0. The number of rotatable bonds is 1. The van der Waals surface area contributed by atoms with Crippen LogP contribution in [0.2, 0.25) is 0 Å². The number of pyridine rings is 1. The summed E-state index contributed by atoms with van der Waals surface area (Å²) >= 11 is 0. The molecule has 8 rings (SSSR count). The minimum atomic E-state index is -0.951. The molecule has 3 bridgehead atoms. The van der Waals surface area contributed by atoms with Crippen molar-refractivity contribution in [3.63, 3.8) is 0 Å². The molecule has 1 spiro atoms. The average molecular weight is 565 g/mol. The van der Waals surface area contributed by atoms with Crippen molar-refractivity contribution in [2.45, 2.75) is 81.9 Å². The number of hydrogen-bond donors (Lipinski definition) is 3. The van der Waals surface area contributed by atoms with Crippen LogP contribution in [0.15, 0.2) is 60.8 Å². The Hall–Kier alpha value is -2.93. The highest BCUT2D eigenvalue weighted by molar-refractivity contribution is 6.11. The van der Waals surface area contributed by atoms with Gasteiger partial charge in [-0.25, -0.2) is 0 Å². The highest BCUT2D eigenvalue weighted by atomic mass is 16.3. The van der Waals surface area contributed by atoms with E-state index in [0.29, 0.717) is 12.0 Å². The van der Waals surface area contributed by atoms with E-state index in [-0.39, 0.29) is 17.2 Å². The molecule has 4 aliphatic heterocycles. The van der Waals surface area contributed by atoms with Crippen LogP contribution < -0.4 is 0 Å². The average Bonchev–Trinajstić information content (AvgIpc) is 3.50. The van der Waals surface area contributed by atoms with E-state index in [2.05, 4.69) is 57.3 Å². The van der Waals surface area contributed by atoms with E-state index in [9.17, 15) is 10.2 Å². The fraction of sp³-hybridized carbons (Fsp3) is 0.528. The number of hydrogen-bond acceptors (Lipinski definition) is 5. The van der Waals surface area contributed by atoms with Gasteiger partial charge < -0.3 is 20.1 Å². The van der Waals surface area contributed by atoms with Crippen molar-refractivity contribution in [3.05, 3.63) is 66.5 Å². The minimum Gasteiger partial charge on any atom is -0.506 e. The monoisotopic (exact) mass is 564 g/mol. The number of fused-ring (bicyclic) bond motifs is 5. The second-order valence-electron chi connectivity index (χ2n) is 13.7. The van der Waals surface area contributed by atoms with Gasteiger partial charge in [-0.3, -0.25) is 9.88 Å². The first-order valence-electron chi connectivity index (χ1n) is 16.4. The number of para-hydroxylation sites is 1. The summed E-state index contributed by atoms with van der Waals surface area (Å²) in [5, 5.41) is 25.9. The van der Waals surface area contributed by atoms with E-state index in [1.807, 2.05) is 12.3 Å². The number of nitrogens with one attached hydrogen (secondary N) is 1. The van der Waals surface area contributed by atoms with Crippen LogP contribution in [0.5, 0.6) is 5.75 Å². The predicted molar refractivity (Wildman–Crippen MR) is 169 cm³/mol. The Bertz CT molecular complexity index is 1590. The summed E-state index contributed by atoms with van der Waals surface area (Å²) in [6.45, 7) is 4.33. The van der Waals surface area contributed by atoms with E-state index in [1.165, 1.54) is 31.3 Å². The van der Waals surface area contributed by atoms with Gasteiger partial charge in [-0.15, -0.1) is 0 Å². The first-order chi connectivity index (χ1) is 20.6. The third kappa shape index (κ3) is 4.13. The zero-order chi connectivity index (χ0) is 28.3. The van der Waals surface area contributed by atoms with Crippen molar-refractivity contribution in [2.24, 2.45) is 11.3 Å². The maximum atomic E-state index is 13.1. The number of phenolic OH excluding ortho intramolecular Hbond substituents is 1. The van der Waals surface area contributed by atoms with E-state index in [1.54, 1.807) is 6.07 Å². The fourth-order valence-corrected chi connectivity index (χ4v) is 9.64. The second-order valence-corrected chi connectivity index (χ2v) is 13.7. The van der Waals surface area contributed by atoms with Crippen LogP contribution in [-0.4, -0.2) is 73.8 Å². The number of benzene rings is 1. The molecule has 6 heterocycles. The maximum absolute atomic E-state index is 13.1. The number of piperidine rings is 1. The molecule has 0 amide bonds. The highest BCUT2D eigenvalue weighted by Crippen LogP contribution is 2.61. The summed E-state index contributed by atoms with van der Waals surface area (Å²) in [4.78, 5) is 14.1. The first kappa shape index (κ1) is 26.7. The van der Waals surface area contributed by atoms with Crippen LogP contribution in [0.25, 0.3) is 27.4 Å². The fourth-order valence-electron chi connectivity index (χ4n) is 9.64. The molecule has 6 atom stereocenters. The Morgan fingerprint density at radius 3 is 2.67 bits per heavy atom. The molecule has 0 saturated carbocycles. The summed E-state index contributed by atoms with van der Waals surface area (Å²) in [7, 11) is 0. The molecule has 3 N–H and O–H groups in total. The molecule has 6 nitrogen and oxygen atoms in total. The normalized spacial score (nSPS) is 36.3. The van der Waals surface area contributed by atoms with Gasteiger partial charge in [0.05, 0.1) is 28.4 Å². The van der Waals surface area contributed by atoms with Gasteiger partial charge in [-0.2, -0.15) is 0 Å². The molecular formula is C36H44N4O2. The van der Waals surface area contributed by atoms with Gasteiger partial charge in [0.2, 0.25) is 0 Å². The number of phenols is 1. The van der Waals surface area contributed by atoms with Crippen LogP contribution in [0.3, 0.4) is 0 Å². The zero-order valence-electron chi connectivity index (χ0n) is 24.6. The second kappa shape index (κ2) is 10.4. The molecule has 1 aromatic carbocycles. The summed E-state index contributed by atoms with van der Waals surface area (Å²) in [5.74, 6) is 0.581. The van der Waals surface area contributed by atoms with E-state index in [0.717, 1.165) is 92.2 Å². The van der Waals surface area contributed by atoms with Gasteiger partial charge in [-0.05, 0) is 114 Å². The van der Waals surface area contributed by atoms with Crippen molar-refractivity contribution in [2.75, 3.05) is 26.2 Å². The van der Waals surface area contributed by atoms with Crippen LogP contribution in [-0.2, 0) is 0 Å². The number of H-pyrrole nitrogens is 1. The molecule has 3 aromatic rings. The first-order valence-corrected chi connectivity index (χ1v) is 16.4. The predicted octanol–water partition coefficient (Wildman–Crippen LogP) is 6.56. The largest absolute Gasteiger partial charge is 0.506 e. The minimum absolute atomic E-state index is 0.0494. The molecule has 6 heteroatoms. The number of aromatic hydroxyl groups is 1. The molecule has 0 radical (unpaired) electrons. The Morgan fingerprint density at radius 1 is 0.905 bits per heavy atom. The third-order valence-electron chi connectivity index (χ3n) is 11.3. The quantitative estimate of drug-likeness (QED) is 0.292. The molecule has 220 valence electrons. The third-order valence-corrected chi connectivity index (χ3v) is 11.3. The number of allylic oxidation sites excluding steroid dienone is 4. The Labute approximate surface area is 248 Å². The van der Waals surface area contributed by atoms with Crippen molar-refractivity contribution in [1.82, 2.24) is 19.8 Å². The summed E-state index contributed by atoms with van der Waals surface area (Å²) in [6.07, 6.45) is 24.7. The lowest BCUT2D eigenvalue weighted by Gasteiger charge is -2.58. The SMILES string of the molecule is Oc1cccc2c1[nH]c1c(C3=C[C@@]4(O)CCC=CCCCCN5CC[C@@H]3[C@]3(CC6/C=C\CCCCN6[C@H]34)C5)nccc12. The van der Waals surface area contributed by atoms with E-state index < -0.39 is 5.60 Å². The van der Waals surface area contributed by atoms with Gasteiger partial charge in [0.1, 0.15) is 5.75 Å². The van der Waals surface area contributed by atoms with Crippen LogP contribution in [0.4, 0.5) is 0 Å². The van der Waals surface area contributed by atoms with Crippen LogP contribution in [0, 0.1) is 11.3 Å². The zero-order valence-corrected chi connectivity index (χ0v) is 24.6. The van der Waals surface area contributed by atoms with E-state index in [4.69, 9.17) is 4.98 Å². The molecule has 2 aromatic heterocycles. The molecule has 2 unspecified atom stereocenters. The summed E-state index contributed by atoms with van der Waals surface area (Å²) in [6, 6.07) is 8.24. The summed E-state index contributed by atoms with van der Waals surface area (Å²) in [5.41, 5.74) is 2.89. The van der Waals surface area contributed by atoms with Crippen molar-refractivity contribution in [1.29, 1.82) is 0 Å². The van der Waals surface area contributed by atoms with Crippen molar-refractivity contribution >= 4 is 27.4 Å². The lowest BCUT2D eigenvalue weighted by atomic mass is 9.54. The molecule has 1 aliphatic carbocycles. The van der Waals surface area contributed by atoms with Gasteiger partial charge in [0, 0.05) is 35.0 Å². The number of aromatic amines is 1. The van der Waals surface area contributed by atoms with Crippen LogP contribution >= 0.6 is 0 Å². The number of nitrogens with zero attached hydrogens (tertiary/aromatic N) is 3. The smallest absolute Gasteiger partial charge is 0.139 e. The van der Waals surface area contributed by atoms with Gasteiger partial charge in [0.25, 0.3) is 0 Å². The topological polar surface area (TPSA) is 75.6 Å². The lowest BCUT2D eigenvalue weighted by molar-refractivity contribution is -0.0894. The molecule has 42 heavy (non-hydrogen) atoms. The van der Waals surface area contributed by atoms with Gasteiger partial charge in [-0.1, -0.05) is 36.4 Å². The van der Waals surface area contributed by atoms with Crippen molar-refractivity contribution in [3.8, 4) is 5.75 Å². The molecule has 2 fully saturated rings.